The lowest BCUT2D eigenvalue weighted by atomic mass is 10.1. The van der Waals surface area contributed by atoms with Crippen LogP contribution in [-0.2, 0) is 0 Å². The van der Waals surface area contributed by atoms with Crippen LogP contribution in [0.15, 0.2) is 34.5 Å². The van der Waals surface area contributed by atoms with Crippen molar-refractivity contribution in [3.8, 4) is 6.07 Å². The van der Waals surface area contributed by atoms with Crippen molar-refractivity contribution >= 4 is 11.7 Å². The molecule has 76 valence electrons. The third-order valence-electron chi connectivity index (χ3n) is 1.75. The Morgan fingerprint density at radius 3 is 2.27 bits per heavy atom. The predicted molar refractivity (Wildman–Crippen MR) is 59.2 cm³/mol. The van der Waals surface area contributed by atoms with Gasteiger partial charge in [0, 0.05) is 0 Å². The van der Waals surface area contributed by atoms with Crippen LogP contribution in [0.25, 0.3) is 0 Å². The van der Waals surface area contributed by atoms with Crippen LogP contribution in [-0.4, -0.2) is 11.7 Å². The van der Waals surface area contributed by atoms with E-state index in [0.717, 1.165) is 5.56 Å². The van der Waals surface area contributed by atoms with Crippen LogP contribution < -0.4 is 11.5 Å². The zero-order valence-corrected chi connectivity index (χ0v) is 8.31. The molecule has 0 bridgehead atoms. The molecule has 1 aromatic carbocycles. The minimum absolute atomic E-state index is 0.0806. The first-order valence-corrected chi connectivity index (χ1v) is 4.27. The summed E-state index contributed by atoms with van der Waals surface area (Å²) in [5.41, 5.74) is 12.5. The van der Waals surface area contributed by atoms with Gasteiger partial charge in [-0.1, -0.05) is 12.1 Å². The summed E-state index contributed by atoms with van der Waals surface area (Å²) in [5, 5.41) is 16.0. The summed E-state index contributed by atoms with van der Waals surface area (Å²) in [4.78, 5) is 0. The zero-order valence-electron chi connectivity index (χ0n) is 8.31. The van der Waals surface area contributed by atoms with Crippen molar-refractivity contribution in [1.29, 1.82) is 5.26 Å². The molecule has 1 aromatic rings. The van der Waals surface area contributed by atoms with Crippen molar-refractivity contribution < 1.29 is 0 Å². The maximum absolute atomic E-state index is 8.61. The van der Waals surface area contributed by atoms with E-state index in [1.165, 1.54) is 0 Å². The van der Waals surface area contributed by atoms with Crippen LogP contribution in [0, 0.1) is 11.3 Å². The third kappa shape index (κ3) is 3.12. The number of guanidine groups is 1. The van der Waals surface area contributed by atoms with E-state index in [0.29, 0.717) is 11.3 Å². The van der Waals surface area contributed by atoms with Gasteiger partial charge in [0.1, 0.15) is 0 Å². The second-order valence-corrected chi connectivity index (χ2v) is 2.90. The number of nitrogens with two attached hydrogens (primary N) is 2. The van der Waals surface area contributed by atoms with E-state index in [-0.39, 0.29) is 5.96 Å². The molecule has 5 nitrogen and oxygen atoms in total. The second-order valence-electron chi connectivity index (χ2n) is 2.90. The normalized spacial score (nSPS) is 10.5. The molecule has 5 heteroatoms. The van der Waals surface area contributed by atoms with E-state index >= 15 is 0 Å². The van der Waals surface area contributed by atoms with E-state index in [1.807, 2.05) is 6.07 Å². The van der Waals surface area contributed by atoms with Gasteiger partial charge in [0.05, 0.1) is 17.3 Å². The Labute approximate surface area is 87.7 Å². The van der Waals surface area contributed by atoms with Crippen molar-refractivity contribution in [3.63, 3.8) is 0 Å². The Bertz CT molecular complexity index is 432. The first-order chi connectivity index (χ1) is 7.13. The summed E-state index contributed by atoms with van der Waals surface area (Å²) in [6.45, 7) is 1.79. The first-order valence-electron chi connectivity index (χ1n) is 4.27. The fourth-order valence-corrected chi connectivity index (χ4v) is 0.976. The highest BCUT2D eigenvalue weighted by molar-refractivity contribution is 5.99. The summed E-state index contributed by atoms with van der Waals surface area (Å²) in [7, 11) is 0. The molecule has 1 rings (SSSR count). The fraction of sp³-hybridized carbons (Fsp3) is 0.100. The Hall–Kier alpha value is -2.35. The monoisotopic (exact) mass is 201 g/mol. The van der Waals surface area contributed by atoms with Crippen molar-refractivity contribution in [2.45, 2.75) is 6.92 Å². The summed E-state index contributed by atoms with van der Waals surface area (Å²) >= 11 is 0. The molecule has 0 fully saturated rings. The number of rotatable bonds is 2. The van der Waals surface area contributed by atoms with Crippen LogP contribution in [0.1, 0.15) is 18.1 Å². The molecule has 0 heterocycles. The minimum atomic E-state index is -0.0806. The van der Waals surface area contributed by atoms with Crippen molar-refractivity contribution in [1.82, 2.24) is 0 Å². The van der Waals surface area contributed by atoms with E-state index in [9.17, 15) is 0 Å². The minimum Gasteiger partial charge on any atom is -0.369 e. The van der Waals surface area contributed by atoms with E-state index < -0.39 is 0 Å². The van der Waals surface area contributed by atoms with Crippen LogP contribution in [0.2, 0.25) is 0 Å². The highest BCUT2D eigenvalue weighted by Gasteiger charge is 1.97. The maximum Gasteiger partial charge on any atom is 0.211 e. The third-order valence-corrected chi connectivity index (χ3v) is 1.75. The first kappa shape index (κ1) is 10.7. The van der Waals surface area contributed by atoms with E-state index in [4.69, 9.17) is 16.7 Å². The van der Waals surface area contributed by atoms with Gasteiger partial charge in [-0.25, -0.2) is 0 Å². The Morgan fingerprint density at radius 2 is 1.80 bits per heavy atom. The summed E-state index contributed by atoms with van der Waals surface area (Å²) < 4.78 is 0. The van der Waals surface area contributed by atoms with E-state index in [2.05, 4.69) is 10.2 Å². The summed E-state index contributed by atoms with van der Waals surface area (Å²) in [6, 6.07) is 9.04. The molecule has 0 aromatic heterocycles. The van der Waals surface area contributed by atoms with Gasteiger partial charge in [0.25, 0.3) is 0 Å². The molecule has 0 aliphatic rings. The topological polar surface area (TPSA) is 101 Å². The number of nitrogens with zero attached hydrogens (tertiary/aromatic N) is 3. The second kappa shape index (κ2) is 4.77. The lowest BCUT2D eigenvalue weighted by Gasteiger charge is -1.98. The largest absolute Gasteiger partial charge is 0.369 e. The van der Waals surface area contributed by atoms with Crippen LogP contribution >= 0.6 is 0 Å². The van der Waals surface area contributed by atoms with Crippen molar-refractivity contribution in [3.05, 3.63) is 35.4 Å². The number of nitriles is 1. The highest BCUT2D eigenvalue weighted by Crippen LogP contribution is 2.04. The Balaban J connectivity index is 2.93. The van der Waals surface area contributed by atoms with Gasteiger partial charge >= 0.3 is 0 Å². The van der Waals surface area contributed by atoms with Gasteiger partial charge in [-0.3, -0.25) is 0 Å². The molecular weight excluding hydrogens is 190 g/mol. The van der Waals surface area contributed by atoms with Gasteiger partial charge < -0.3 is 11.5 Å². The van der Waals surface area contributed by atoms with Crippen LogP contribution in [0.4, 0.5) is 0 Å². The maximum atomic E-state index is 8.61. The number of benzene rings is 1. The highest BCUT2D eigenvalue weighted by atomic mass is 15.3. The number of hydrogen-bond acceptors (Lipinski definition) is 3. The molecule has 0 amide bonds. The van der Waals surface area contributed by atoms with Gasteiger partial charge in [0.2, 0.25) is 5.96 Å². The lowest BCUT2D eigenvalue weighted by molar-refractivity contribution is 1.19. The standard InChI is InChI=1S/C10H11N5/c1-7(14-15-10(12)13)9-4-2-8(6-11)3-5-9/h2-5H,1H3,(H4,12,13,15)/b14-7-. The number of hydrogen-bond donors (Lipinski definition) is 2. The molecule has 0 atom stereocenters. The fourth-order valence-electron chi connectivity index (χ4n) is 0.976. The lowest BCUT2D eigenvalue weighted by Crippen LogP contribution is -2.22. The molecule has 0 saturated heterocycles. The molecule has 0 saturated carbocycles. The molecular formula is C10H11N5. The van der Waals surface area contributed by atoms with Crippen LogP contribution in [0.3, 0.4) is 0 Å². The molecule has 4 N–H and O–H groups in total. The Morgan fingerprint density at radius 1 is 1.20 bits per heavy atom. The van der Waals surface area contributed by atoms with Gasteiger partial charge in [0.15, 0.2) is 0 Å². The van der Waals surface area contributed by atoms with E-state index in [1.54, 1.807) is 31.2 Å². The van der Waals surface area contributed by atoms with Gasteiger partial charge in [-0.2, -0.15) is 10.4 Å². The van der Waals surface area contributed by atoms with Gasteiger partial charge in [-0.05, 0) is 24.6 Å². The molecule has 15 heavy (non-hydrogen) atoms. The molecule has 0 radical (unpaired) electrons. The van der Waals surface area contributed by atoms with Gasteiger partial charge in [-0.15, -0.1) is 5.10 Å². The molecule has 0 aliphatic heterocycles. The quantitative estimate of drug-likeness (QED) is 0.415. The Kier molecular flexibility index (Phi) is 3.41. The SMILES string of the molecule is C/C(=N/N=C(N)N)c1ccc(C#N)cc1. The summed E-state index contributed by atoms with van der Waals surface area (Å²) in [6.07, 6.45) is 0. The average molecular weight is 201 g/mol. The molecule has 0 aliphatic carbocycles. The summed E-state index contributed by atoms with van der Waals surface area (Å²) in [5.74, 6) is -0.0806. The van der Waals surface area contributed by atoms with Crippen molar-refractivity contribution in [2.24, 2.45) is 21.7 Å². The van der Waals surface area contributed by atoms with Crippen molar-refractivity contribution in [2.75, 3.05) is 0 Å². The molecule has 0 unspecified atom stereocenters. The average Bonchev–Trinajstić information content (AvgIpc) is 2.26. The smallest absolute Gasteiger partial charge is 0.211 e. The van der Waals surface area contributed by atoms with Crippen LogP contribution in [0.5, 0.6) is 0 Å². The predicted octanol–water partition coefficient (Wildman–Crippen LogP) is 0.556. The molecule has 0 spiro atoms. The zero-order chi connectivity index (χ0) is 11.3.